The summed E-state index contributed by atoms with van der Waals surface area (Å²) in [7, 11) is 11.0. The van der Waals surface area contributed by atoms with Crippen molar-refractivity contribution < 1.29 is 47.4 Å². The first-order chi connectivity index (χ1) is 60.6. The molecule has 0 spiro atoms. The lowest BCUT2D eigenvalue weighted by molar-refractivity contribution is 0.0505. The van der Waals surface area contributed by atoms with E-state index >= 15 is 0 Å². The van der Waals surface area contributed by atoms with Gasteiger partial charge in [0.15, 0.2) is 34.0 Å². The van der Waals surface area contributed by atoms with Gasteiger partial charge in [0.05, 0.1) is 0 Å². The Hall–Kier alpha value is -7.05. The molecule has 0 amide bonds. The SMILES string of the molecule is COCOc1c(C)cc(C)cc1Pc1ccc(C)cc1CNC(C)(C)C.COCOc1c(C)cccc1Pc1ccc(C)cc1CNC(C)(C)C.COCOc1c(Pc2ccc(C)cc2CNC(C)(C)C)cc(C)cc1C(C)(C)C.COCOc1ccc(C)cc1Pc1ccc(C)cc1CNC(C)(C)C.COCOc1ccccc1Pc1ccc(C)cc1CNC(C)(C)C. The summed E-state index contributed by atoms with van der Waals surface area (Å²) < 4.78 is 54.9. The Labute approximate surface area is 787 Å². The molecule has 0 fully saturated rings. The molecule has 20 heteroatoms. The fourth-order valence-corrected chi connectivity index (χ4v) is 20.2. The Balaban J connectivity index is 0.000000249. The van der Waals surface area contributed by atoms with Crippen molar-refractivity contribution >= 4 is 95.9 Å². The van der Waals surface area contributed by atoms with Crippen LogP contribution in [-0.2, 0) is 61.8 Å². The van der Waals surface area contributed by atoms with Crippen molar-refractivity contribution in [3.8, 4) is 28.7 Å². The molecule has 0 aromatic heterocycles. The van der Waals surface area contributed by atoms with Gasteiger partial charge in [-0.25, -0.2) is 0 Å². The first-order valence-corrected chi connectivity index (χ1v) is 49.8. The minimum atomic E-state index is -0.00176. The molecule has 10 aromatic rings. The van der Waals surface area contributed by atoms with Crippen molar-refractivity contribution in [2.24, 2.45) is 0 Å². The second-order valence-corrected chi connectivity index (χ2v) is 46.2. The Morgan fingerprint density at radius 1 is 0.225 bits per heavy atom. The van der Waals surface area contributed by atoms with Crippen molar-refractivity contribution in [2.75, 3.05) is 69.5 Å². The van der Waals surface area contributed by atoms with Crippen molar-refractivity contribution in [3.05, 3.63) is 265 Å². The molecular weight excluding hydrogens is 1690 g/mol. The summed E-state index contributed by atoms with van der Waals surface area (Å²) in [6, 6.07) is 63.4. The van der Waals surface area contributed by atoms with Crippen molar-refractivity contribution in [2.45, 2.75) is 260 Å². The summed E-state index contributed by atoms with van der Waals surface area (Å²) >= 11 is 0. The molecule has 5 unspecified atom stereocenters. The Bertz CT molecular complexity index is 5060. The van der Waals surface area contributed by atoms with Crippen LogP contribution in [0.25, 0.3) is 0 Å². The van der Waals surface area contributed by atoms with Crippen LogP contribution in [0.15, 0.2) is 176 Å². The number of nitrogens with one attached hydrogen (secondary N) is 5. The van der Waals surface area contributed by atoms with Gasteiger partial charge in [-0.1, -0.05) is 243 Å². The molecule has 0 radical (unpaired) electrons. The minimum absolute atomic E-state index is 0.00176. The third-order valence-corrected chi connectivity index (χ3v) is 27.1. The highest BCUT2D eigenvalue weighted by Crippen LogP contribution is 2.36. The average Bonchev–Trinajstić information content (AvgIpc) is 0.779. The molecule has 0 aliphatic heterocycles. The Morgan fingerprint density at radius 3 is 0.853 bits per heavy atom. The second-order valence-electron chi connectivity index (χ2n) is 39.5. The molecule has 5 N–H and O–H groups in total. The number of aryl methyl sites for hydroxylation is 10. The number of para-hydroxylation sites is 2. The van der Waals surface area contributed by atoms with Crippen LogP contribution in [-0.4, -0.2) is 97.2 Å². The second kappa shape index (κ2) is 53.1. The monoisotopic (exact) mass is 1850 g/mol. The van der Waals surface area contributed by atoms with Gasteiger partial charge in [-0.05, 0) is 285 Å². The highest BCUT2D eigenvalue weighted by Gasteiger charge is 2.25. The van der Waals surface area contributed by atoms with Crippen LogP contribution >= 0.6 is 42.9 Å². The van der Waals surface area contributed by atoms with Gasteiger partial charge in [0.2, 0.25) is 0 Å². The topological polar surface area (TPSA) is 152 Å². The van der Waals surface area contributed by atoms with E-state index in [-0.39, 0.29) is 67.1 Å². The maximum Gasteiger partial charge on any atom is 0.188 e. The molecule has 704 valence electrons. The third kappa shape index (κ3) is 41.1. The summed E-state index contributed by atoms with van der Waals surface area (Å²) in [5.74, 6) is 4.66. The molecule has 10 rings (SSSR count). The molecule has 0 bridgehead atoms. The van der Waals surface area contributed by atoms with Crippen molar-refractivity contribution in [3.63, 3.8) is 0 Å². The maximum atomic E-state index is 6.12. The first kappa shape index (κ1) is 111. The van der Waals surface area contributed by atoms with E-state index in [1.165, 1.54) is 131 Å². The van der Waals surface area contributed by atoms with Gasteiger partial charge in [-0.15, -0.1) is 0 Å². The standard InChI is InChI=1S/C25H38NO2P.C22H32NO2P.2C21H30NO2P.C20H28NO2P/c1-17-10-11-21(19(12-17)15-26-25(6,7)8)29-22-14-18(2)13-20(24(3,4)5)23(22)28-16-27-9;1-15-8-9-19(18(11-15)13-23-22(4,5)6)26-20-12-16(2)10-17(3)21(20)25-14-24-7;1-15-8-10-19(17(11-15)13-22-21(3,4)5)25-20-12-16(2)7-9-18(20)24-14-23-6;1-15-10-11-18(17(12-15)13-22-21(3,4)5)25-19-9-7-8-16(2)20(19)24-14-23-6;1-15-10-11-18(16(12-15)13-21-20(2,3)4)24-19-9-7-6-8-17(19)23-14-22-5/h10-14,26,29H,15-16H2,1-9H3;8-12,23,26H,13-14H2,1-7H3;2*7-12,22,25H,13-14H2,1-6H3;6-12,21,24H,13-14H2,1-5H3. The number of hydrogen-bond acceptors (Lipinski definition) is 15. The highest BCUT2D eigenvalue weighted by molar-refractivity contribution is 7.57. The largest absolute Gasteiger partial charge is 0.467 e. The van der Waals surface area contributed by atoms with Crippen LogP contribution < -0.4 is 103 Å². The number of benzene rings is 10. The first-order valence-electron chi connectivity index (χ1n) is 44.8. The summed E-state index contributed by atoms with van der Waals surface area (Å²) in [5, 5.41) is 31.0. The highest BCUT2D eigenvalue weighted by atomic mass is 31.1. The number of hydrogen-bond donors (Lipinski definition) is 5. The fraction of sp³-hybridized carbons (Fsp3) is 0.450. The van der Waals surface area contributed by atoms with E-state index in [1.807, 2.05) is 18.2 Å². The quantitative estimate of drug-likeness (QED) is 0.0189. The number of methoxy groups -OCH3 is 5. The summed E-state index contributed by atoms with van der Waals surface area (Å²) in [4.78, 5) is 0. The van der Waals surface area contributed by atoms with Gasteiger partial charge in [0.1, 0.15) is 28.7 Å². The van der Waals surface area contributed by atoms with Gasteiger partial charge in [0, 0.05) is 128 Å². The maximum absolute atomic E-state index is 6.12. The Morgan fingerprint density at radius 2 is 0.496 bits per heavy atom. The van der Waals surface area contributed by atoms with Crippen LogP contribution in [0.2, 0.25) is 0 Å². The van der Waals surface area contributed by atoms with E-state index in [0.29, 0.717) is 42.9 Å². The number of rotatable bonds is 35. The lowest BCUT2D eigenvalue weighted by atomic mass is 9.85. The normalized spacial score (nSPS) is 12.2. The number of ether oxygens (including phenoxy) is 10. The lowest BCUT2D eigenvalue weighted by Gasteiger charge is -2.26. The van der Waals surface area contributed by atoms with Gasteiger partial charge < -0.3 is 74.0 Å². The molecule has 15 nitrogen and oxygen atoms in total. The molecule has 0 saturated carbocycles. The van der Waals surface area contributed by atoms with Crippen LogP contribution in [0.1, 0.15) is 214 Å². The van der Waals surface area contributed by atoms with E-state index in [0.717, 1.165) is 72.6 Å². The third-order valence-electron chi connectivity index (χ3n) is 20.0. The molecular formula is C109H158N5O10P5. The molecule has 129 heavy (non-hydrogen) atoms. The predicted octanol–water partition coefficient (Wildman–Crippen LogP) is 20.3. The molecule has 0 aliphatic carbocycles. The molecule has 0 aliphatic rings. The van der Waals surface area contributed by atoms with Crippen LogP contribution in [0.5, 0.6) is 28.7 Å². The zero-order valence-corrected chi connectivity index (χ0v) is 89.4. The van der Waals surface area contributed by atoms with E-state index in [9.17, 15) is 0 Å². The van der Waals surface area contributed by atoms with Gasteiger partial charge in [-0.2, -0.15) is 0 Å². The van der Waals surface area contributed by atoms with E-state index in [4.69, 9.17) is 47.4 Å². The molecule has 10 aromatic carbocycles. The van der Waals surface area contributed by atoms with E-state index < -0.39 is 0 Å². The van der Waals surface area contributed by atoms with Crippen LogP contribution in [0.4, 0.5) is 0 Å². The molecule has 0 saturated heterocycles. The van der Waals surface area contributed by atoms with Gasteiger partial charge >= 0.3 is 0 Å². The minimum Gasteiger partial charge on any atom is -0.467 e. The predicted molar refractivity (Wildman–Crippen MR) is 564 cm³/mol. The average molecular weight is 1850 g/mol. The smallest absolute Gasteiger partial charge is 0.188 e. The van der Waals surface area contributed by atoms with Crippen molar-refractivity contribution in [1.29, 1.82) is 0 Å². The lowest BCUT2D eigenvalue weighted by Crippen LogP contribution is -2.36. The van der Waals surface area contributed by atoms with Gasteiger partial charge in [0.25, 0.3) is 0 Å². The van der Waals surface area contributed by atoms with Gasteiger partial charge in [-0.3, -0.25) is 0 Å². The van der Waals surface area contributed by atoms with Crippen LogP contribution in [0.3, 0.4) is 0 Å². The summed E-state index contributed by atoms with van der Waals surface area (Å²) in [6.07, 6.45) is 0. The summed E-state index contributed by atoms with van der Waals surface area (Å²) in [6.45, 7) is 66.7. The molecule has 0 heterocycles. The fourth-order valence-electron chi connectivity index (χ4n) is 13.4. The zero-order chi connectivity index (χ0) is 95.6. The van der Waals surface area contributed by atoms with E-state index in [2.05, 4.69) is 378 Å². The van der Waals surface area contributed by atoms with Crippen LogP contribution in [0, 0.1) is 69.2 Å². The zero-order valence-electron chi connectivity index (χ0n) is 84.4. The Kier molecular flexibility index (Phi) is 45.6. The van der Waals surface area contributed by atoms with Crippen molar-refractivity contribution in [1.82, 2.24) is 26.6 Å². The molecule has 5 atom stereocenters. The van der Waals surface area contributed by atoms with E-state index in [1.54, 1.807) is 35.5 Å². The summed E-state index contributed by atoms with van der Waals surface area (Å²) in [5.41, 5.74) is 21.0.